The molecule has 2 aromatic rings. The highest BCUT2D eigenvalue weighted by molar-refractivity contribution is 5.96. The third kappa shape index (κ3) is 1.73. The van der Waals surface area contributed by atoms with Gasteiger partial charge in [0.15, 0.2) is 0 Å². The van der Waals surface area contributed by atoms with Gasteiger partial charge in [0.1, 0.15) is 5.78 Å². The molecule has 3 rings (SSSR count). The van der Waals surface area contributed by atoms with Crippen molar-refractivity contribution in [3.8, 4) is 0 Å². The summed E-state index contributed by atoms with van der Waals surface area (Å²) >= 11 is 0. The predicted molar refractivity (Wildman–Crippen MR) is 81.6 cm³/mol. The Morgan fingerprint density at radius 2 is 1.30 bits per heavy atom. The Labute approximate surface area is 120 Å². The Balaban J connectivity index is 2.27. The smallest absolute Gasteiger partial charge is 0.148 e. The number of rotatable bonds is 2. The molecule has 1 fully saturated rings. The second-order valence-corrected chi connectivity index (χ2v) is 5.93. The van der Waals surface area contributed by atoms with Crippen molar-refractivity contribution in [3.63, 3.8) is 0 Å². The maximum Gasteiger partial charge on any atom is 0.148 e. The molecule has 0 saturated heterocycles. The zero-order valence-electron chi connectivity index (χ0n) is 12.0. The van der Waals surface area contributed by atoms with Crippen molar-refractivity contribution in [2.75, 3.05) is 0 Å². The topological polar surface area (TPSA) is 17.1 Å². The van der Waals surface area contributed by atoms with Crippen LogP contribution >= 0.6 is 0 Å². The second kappa shape index (κ2) is 4.90. The van der Waals surface area contributed by atoms with Crippen LogP contribution in [0.15, 0.2) is 60.7 Å². The highest BCUT2D eigenvalue weighted by atomic mass is 16.1. The van der Waals surface area contributed by atoms with E-state index in [1.54, 1.807) is 0 Å². The Morgan fingerprint density at radius 1 is 0.850 bits per heavy atom. The van der Waals surface area contributed by atoms with Crippen LogP contribution in [0.3, 0.4) is 0 Å². The normalized spacial score (nSPS) is 24.8. The van der Waals surface area contributed by atoms with Crippen LogP contribution in [-0.4, -0.2) is 5.78 Å². The molecule has 0 heterocycles. The van der Waals surface area contributed by atoms with Crippen LogP contribution in [0.1, 0.15) is 31.4 Å². The number of hydrogen-bond donors (Lipinski definition) is 0. The van der Waals surface area contributed by atoms with E-state index in [0.29, 0.717) is 24.0 Å². The highest BCUT2D eigenvalue weighted by Gasteiger charge is 2.53. The number of benzene rings is 2. The van der Waals surface area contributed by atoms with Crippen molar-refractivity contribution in [2.24, 2.45) is 11.8 Å². The number of ketones is 1. The van der Waals surface area contributed by atoms with Crippen molar-refractivity contribution in [2.45, 2.75) is 25.7 Å². The molecule has 2 atom stereocenters. The molecule has 1 aliphatic carbocycles. The Morgan fingerprint density at radius 3 is 1.65 bits per heavy atom. The molecule has 2 aromatic carbocycles. The SMILES string of the molecule is CC1CC(=O)C(c2ccccc2)(c2ccccc2)[C@@H]1C. The van der Waals surface area contributed by atoms with Gasteiger partial charge >= 0.3 is 0 Å². The van der Waals surface area contributed by atoms with E-state index in [0.717, 1.165) is 11.1 Å². The molecule has 1 nitrogen and oxygen atoms in total. The van der Waals surface area contributed by atoms with Gasteiger partial charge in [-0.05, 0) is 23.0 Å². The average molecular weight is 264 g/mol. The van der Waals surface area contributed by atoms with Crippen LogP contribution in [0.4, 0.5) is 0 Å². The second-order valence-electron chi connectivity index (χ2n) is 5.93. The summed E-state index contributed by atoms with van der Waals surface area (Å²) in [6, 6.07) is 20.5. The zero-order valence-corrected chi connectivity index (χ0v) is 12.0. The van der Waals surface area contributed by atoms with Crippen LogP contribution in [0.5, 0.6) is 0 Å². The summed E-state index contributed by atoms with van der Waals surface area (Å²) in [5, 5.41) is 0. The Hall–Kier alpha value is -1.89. The number of carbonyl (C=O) groups excluding carboxylic acids is 1. The van der Waals surface area contributed by atoms with Gasteiger partial charge in [-0.1, -0.05) is 74.5 Å². The van der Waals surface area contributed by atoms with Crippen LogP contribution in [0.25, 0.3) is 0 Å². The largest absolute Gasteiger partial charge is 0.298 e. The molecule has 0 radical (unpaired) electrons. The first-order valence-corrected chi connectivity index (χ1v) is 7.31. The number of Topliss-reactive ketones (excluding diaryl/α,β-unsaturated/α-hetero) is 1. The molecule has 102 valence electrons. The van der Waals surface area contributed by atoms with E-state index in [1.165, 1.54) is 0 Å². The summed E-state index contributed by atoms with van der Waals surface area (Å²) in [5.41, 5.74) is 1.79. The quantitative estimate of drug-likeness (QED) is 0.793. The molecule has 1 unspecified atom stereocenters. The minimum absolute atomic E-state index is 0.319. The van der Waals surface area contributed by atoms with Gasteiger partial charge in [-0.3, -0.25) is 4.79 Å². The minimum Gasteiger partial charge on any atom is -0.298 e. The lowest BCUT2D eigenvalue weighted by atomic mass is 9.66. The summed E-state index contributed by atoms with van der Waals surface area (Å²) in [5.74, 6) is 1.10. The molecule has 1 heteroatoms. The van der Waals surface area contributed by atoms with Crippen molar-refractivity contribution >= 4 is 5.78 Å². The van der Waals surface area contributed by atoms with Crippen molar-refractivity contribution in [1.82, 2.24) is 0 Å². The molecular weight excluding hydrogens is 244 g/mol. The van der Waals surface area contributed by atoms with Crippen LogP contribution in [-0.2, 0) is 10.2 Å². The van der Waals surface area contributed by atoms with E-state index < -0.39 is 5.41 Å². The van der Waals surface area contributed by atoms with Gasteiger partial charge in [0.05, 0.1) is 5.41 Å². The molecule has 0 N–H and O–H groups in total. The van der Waals surface area contributed by atoms with E-state index >= 15 is 0 Å². The van der Waals surface area contributed by atoms with Crippen LogP contribution in [0, 0.1) is 11.8 Å². The molecule has 0 spiro atoms. The summed E-state index contributed by atoms with van der Waals surface area (Å²) < 4.78 is 0. The zero-order chi connectivity index (χ0) is 14.2. The summed E-state index contributed by atoms with van der Waals surface area (Å²) in [7, 11) is 0. The van der Waals surface area contributed by atoms with Gasteiger partial charge in [0.2, 0.25) is 0 Å². The molecule has 1 saturated carbocycles. The number of hydrogen-bond acceptors (Lipinski definition) is 1. The van der Waals surface area contributed by atoms with Gasteiger partial charge in [0, 0.05) is 6.42 Å². The first-order chi connectivity index (χ1) is 9.67. The fourth-order valence-corrected chi connectivity index (χ4v) is 3.73. The van der Waals surface area contributed by atoms with Crippen LogP contribution < -0.4 is 0 Å². The maximum absolute atomic E-state index is 12.9. The lowest BCUT2D eigenvalue weighted by Gasteiger charge is -2.34. The molecule has 1 aliphatic rings. The van der Waals surface area contributed by atoms with Gasteiger partial charge in [-0.2, -0.15) is 0 Å². The first-order valence-electron chi connectivity index (χ1n) is 7.31. The minimum atomic E-state index is -0.470. The van der Waals surface area contributed by atoms with Crippen molar-refractivity contribution in [1.29, 1.82) is 0 Å². The van der Waals surface area contributed by atoms with Crippen LogP contribution in [0.2, 0.25) is 0 Å². The lowest BCUT2D eigenvalue weighted by molar-refractivity contribution is -0.121. The first kappa shape index (κ1) is 13.1. The molecule has 0 aromatic heterocycles. The third-order valence-corrected chi connectivity index (χ3v) is 4.94. The lowest BCUT2D eigenvalue weighted by Crippen LogP contribution is -2.38. The fourth-order valence-electron chi connectivity index (χ4n) is 3.73. The highest BCUT2D eigenvalue weighted by Crippen LogP contribution is 2.50. The van der Waals surface area contributed by atoms with Gasteiger partial charge in [-0.25, -0.2) is 0 Å². The monoisotopic (exact) mass is 264 g/mol. The third-order valence-electron chi connectivity index (χ3n) is 4.94. The van der Waals surface area contributed by atoms with Crippen molar-refractivity contribution < 1.29 is 4.79 Å². The molecular formula is C19H20O. The Bertz CT molecular complexity index is 561. The van der Waals surface area contributed by atoms with E-state index in [4.69, 9.17) is 0 Å². The van der Waals surface area contributed by atoms with E-state index in [9.17, 15) is 4.79 Å². The standard InChI is InChI=1S/C19H20O/c1-14-13-18(20)19(15(14)2,16-9-5-3-6-10-16)17-11-7-4-8-12-17/h3-12,14-15H,13H2,1-2H3/t14?,15-/m1/s1. The summed E-state index contributed by atoms with van der Waals surface area (Å²) in [6.45, 7) is 4.41. The summed E-state index contributed by atoms with van der Waals surface area (Å²) in [6.07, 6.45) is 0.672. The molecule has 0 bridgehead atoms. The molecule has 0 aliphatic heterocycles. The fraction of sp³-hybridized carbons (Fsp3) is 0.316. The van der Waals surface area contributed by atoms with Crippen molar-refractivity contribution in [3.05, 3.63) is 71.8 Å². The Kier molecular flexibility index (Phi) is 3.21. The summed E-state index contributed by atoms with van der Waals surface area (Å²) in [4.78, 5) is 12.9. The van der Waals surface area contributed by atoms with Gasteiger partial charge in [-0.15, -0.1) is 0 Å². The molecule has 0 amide bonds. The molecule has 20 heavy (non-hydrogen) atoms. The van der Waals surface area contributed by atoms with Gasteiger partial charge in [0.25, 0.3) is 0 Å². The van der Waals surface area contributed by atoms with Gasteiger partial charge < -0.3 is 0 Å². The number of carbonyl (C=O) groups is 1. The average Bonchev–Trinajstić information content (AvgIpc) is 2.72. The van der Waals surface area contributed by atoms with E-state index in [-0.39, 0.29) is 0 Å². The maximum atomic E-state index is 12.9. The predicted octanol–water partition coefficient (Wildman–Crippen LogP) is 4.22. The van der Waals surface area contributed by atoms with E-state index in [1.807, 2.05) is 36.4 Å². The van der Waals surface area contributed by atoms with E-state index in [2.05, 4.69) is 38.1 Å².